The Morgan fingerprint density at radius 3 is 2.58 bits per heavy atom. The Kier molecular flexibility index (Phi) is 6.51. The molecule has 2 heterocycles. The first-order valence-corrected chi connectivity index (χ1v) is 9.14. The number of nitrogens with one attached hydrogen (secondary N) is 2. The van der Waals surface area contributed by atoms with E-state index in [1.807, 2.05) is 6.92 Å². The molecule has 1 atom stereocenters. The van der Waals surface area contributed by atoms with E-state index in [-0.39, 0.29) is 17.9 Å². The van der Waals surface area contributed by atoms with Gasteiger partial charge in [0.2, 0.25) is 17.8 Å². The van der Waals surface area contributed by atoms with Crippen LogP contribution in [0.15, 0.2) is 5.38 Å². The number of hydrogen-bond donors (Lipinski definition) is 2. The van der Waals surface area contributed by atoms with Gasteiger partial charge in [0.1, 0.15) is 5.82 Å². The minimum Gasteiger partial charge on any atom is -0.351 e. The van der Waals surface area contributed by atoms with Crippen molar-refractivity contribution in [1.82, 2.24) is 15.0 Å². The van der Waals surface area contributed by atoms with E-state index in [1.54, 1.807) is 18.3 Å². The molecule has 6 nitrogen and oxygen atoms in total. The van der Waals surface area contributed by atoms with Crippen LogP contribution in [0, 0.1) is 13.8 Å². The number of nitrogens with zero attached hydrogens (tertiary/aromatic N) is 3. The predicted octanol–water partition coefficient (Wildman–Crippen LogP) is 3.99. The number of hydrogen-bond acceptors (Lipinski definition) is 6. The van der Waals surface area contributed by atoms with Crippen LogP contribution in [0.3, 0.4) is 0 Å². The Hall–Kier alpha value is -1.73. The molecule has 2 aromatic rings. The third-order valence-corrected chi connectivity index (χ3v) is 5.35. The molecule has 1 unspecified atom stereocenters. The second-order valence-corrected chi connectivity index (χ2v) is 7.00. The predicted molar refractivity (Wildman–Crippen MR) is 99.0 cm³/mol. The number of amides is 1. The summed E-state index contributed by atoms with van der Waals surface area (Å²) in [4.78, 5) is 25.0. The van der Waals surface area contributed by atoms with Gasteiger partial charge in [-0.05, 0) is 44.1 Å². The summed E-state index contributed by atoms with van der Waals surface area (Å²) in [6.45, 7) is 7.33. The summed E-state index contributed by atoms with van der Waals surface area (Å²) < 4.78 is 0. The van der Waals surface area contributed by atoms with Gasteiger partial charge < -0.3 is 5.32 Å². The highest BCUT2D eigenvalue weighted by molar-refractivity contribution is 7.10. The van der Waals surface area contributed by atoms with E-state index in [2.05, 4.69) is 37.9 Å². The average molecular weight is 368 g/mol. The SMILES string of the molecule is CCC(CCc1scc(C)c1Cl)Nc1nc(C)nc(NC(C)=O)n1. The zero-order valence-corrected chi connectivity index (χ0v) is 15.9. The molecule has 2 aromatic heterocycles. The van der Waals surface area contributed by atoms with Crippen LogP contribution in [-0.2, 0) is 11.2 Å². The van der Waals surface area contributed by atoms with E-state index in [1.165, 1.54) is 11.8 Å². The van der Waals surface area contributed by atoms with Crippen molar-refractivity contribution in [2.45, 2.75) is 53.0 Å². The molecule has 0 aliphatic rings. The smallest absolute Gasteiger partial charge is 0.234 e. The maximum atomic E-state index is 11.2. The maximum absolute atomic E-state index is 11.2. The van der Waals surface area contributed by atoms with E-state index in [0.717, 1.165) is 29.8 Å². The van der Waals surface area contributed by atoms with Crippen LogP contribution in [0.2, 0.25) is 5.02 Å². The highest BCUT2D eigenvalue weighted by Gasteiger charge is 2.13. The van der Waals surface area contributed by atoms with Crippen molar-refractivity contribution in [3.8, 4) is 0 Å². The lowest BCUT2D eigenvalue weighted by Crippen LogP contribution is -2.22. The molecule has 8 heteroatoms. The Balaban J connectivity index is 2.02. The van der Waals surface area contributed by atoms with Gasteiger partial charge in [-0.2, -0.15) is 15.0 Å². The molecule has 0 fully saturated rings. The van der Waals surface area contributed by atoms with Crippen LogP contribution in [0.4, 0.5) is 11.9 Å². The number of carbonyl (C=O) groups is 1. The number of aromatic nitrogens is 3. The van der Waals surface area contributed by atoms with Gasteiger partial charge in [0.15, 0.2) is 0 Å². The zero-order valence-electron chi connectivity index (χ0n) is 14.3. The standard InChI is InChI=1S/C16H22ClN5OS/c1-5-12(6-7-13-14(17)9(2)8-24-13)21-16-19-10(3)18-15(22-16)20-11(4)23/h8,12H,5-7H2,1-4H3,(H2,18,19,20,21,22,23). The first-order valence-electron chi connectivity index (χ1n) is 7.88. The molecule has 0 spiro atoms. The monoisotopic (exact) mass is 367 g/mol. The van der Waals surface area contributed by atoms with Crippen molar-refractivity contribution in [2.24, 2.45) is 0 Å². The molecule has 0 bridgehead atoms. The van der Waals surface area contributed by atoms with Crippen LogP contribution >= 0.6 is 22.9 Å². The molecule has 0 aliphatic carbocycles. The third-order valence-electron chi connectivity index (χ3n) is 3.55. The molecule has 0 saturated carbocycles. The highest BCUT2D eigenvalue weighted by atomic mass is 35.5. The number of carbonyl (C=O) groups excluding carboxylic acids is 1. The summed E-state index contributed by atoms with van der Waals surface area (Å²) in [7, 11) is 0. The molecule has 2 rings (SSSR count). The van der Waals surface area contributed by atoms with E-state index >= 15 is 0 Å². The fraction of sp³-hybridized carbons (Fsp3) is 0.500. The normalized spacial score (nSPS) is 12.0. The Morgan fingerprint density at radius 1 is 1.29 bits per heavy atom. The second kappa shape index (κ2) is 8.39. The number of anilines is 2. The minimum absolute atomic E-state index is 0.207. The van der Waals surface area contributed by atoms with Gasteiger partial charge in [-0.15, -0.1) is 11.3 Å². The van der Waals surface area contributed by atoms with Gasteiger partial charge in [-0.1, -0.05) is 18.5 Å². The maximum Gasteiger partial charge on any atom is 0.234 e. The summed E-state index contributed by atoms with van der Waals surface area (Å²) in [6, 6.07) is 0.218. The van der Waals surface area contributed by atoms with Gasteiger partial charge in [0, 0.05) is 17.8 Å². The van der Waals surface area contributed by atoms with E-state index < -0.39 is 0 Å². The fourth-order valence-corrected chi connectivity index (χ4v) is 3.56. The summed E-state index contributed by atoms with van der Waals surface area (Å²) in [5.74, 6) is 1.10. The van der Waals surface area contributed by atoms with Gasteiger partial charge in [0.25, 0.3) is 0 Å². The highest BCUT2D eigenvalue weighted by Crippen LogP contribution is 2.28. The van der Waals surface area contributed by atoms with E-state index in [0.29, 0.717) is 11.8 Å². The molecule has 1 amide bonds. The van der Waals surface area contributed by atoms with Crippen molar-refractivity contribution in [2.75, 3.05) is 10.6 Å². The quantitative estimate of drug-likeness (QED) is 0.773. The number of thiophene rings is 1. The van der Waals surface area contributed by atoms with Crippen molar-refractivity contribution < 1.29 is 4.79 Å². The molecule has 0 aromatic carbocycles. The van der Waals surface area contributed by atoms with Crippen molar-refractivity contribution in [3.05, 3.63) is 26.7 Å². The first-order chi connectivity index (χ1) is 11.4. The average Bonchev–Trinajstić information content (AvgIpc) is 2.82. The van der Waals surface area contributed by atoms with Crippen molar-refractivity contribution in [1.29, 1.82) is 0 Å². The van der Waals surface area contributed by atoms with Crippen molar-refractivity contribution >= 4 is 40.7 Å². The van der Waals surface area contributed by atoms with Gasteiger partial charge in [-0.25, -0.2) is 0 Å². The van der Waals surface area contributed by atoms with Crippen LogP contribution in [0.5, 0.6) is 0 Å². The zero-order chi connectivity index (χ0) is 17.7. The molecule has 2 N–H and O–H groups in total. The molecular weight excluding hydrogens is 346 g/mol. The van der Waals surface area contributed by atoms with Crippen LogP contribution in [0.25, 0.3) is 0 Å². The van der Waals surface area contributed by atoms with Crippen LogP contribution in [-0.4, -0.2) is 26.9 Å². The third kappa shape index (κ3) is 5.14. The lowest BCUT2D eigenvalue weighted by Gasteiger charge is -2.17. The van der Waals surface area contributed by atoms with Gasteiger partial charge in [0.05, 0.1) is 5.02 Å². The fourth-order valence-electron chi connectivity index (χ4n) is 2.28. The number of rotatable bonds is 7. The van der Waals surface area contributed by atoms with Gasteiger partial charge >= 0.3 is 0 Å². The summed E-state index contributed by atoms with van der Waals surface area (Å²) >= 11 is 8.00. The first kappa shape index (κ1) is 18.6. The van der Waals surface area contributed by atoms with Crippen LogP contribution < -0.4 is 10.6 Å². The summed E-state index contributed by atoms with van der Waals surface area (Å²) in [5, 5.41) is 8.87. The topological polar surface area (TPSA) is 79.8 Å². The van der Waals surface area contributed by atoms with Gasteiger partial charge in [-0.3, -0.25) is 10.1 Å². The number of halogens is 1. The Labute approximate surface area is 151 Å². The summed E-state index contributed by atoms with van der Waals surface area (Å²) in [5.41, 5.74) is 1.13. The molecule has 0 saturated heterocycles. The largest absolute Gasteiger partial charge is 0.351 e. The molecule has 130 valence electrons. The molecule has 24 heavy (non-hydrogen) atoms. The van der Waals surface area contributed by atoms with Crippen molar-refractivity contribution in [3.63, 3.8) is 0 Å². The minimum atomic E-state index is -0.207. The van der Waals surface area contributed by atoms with Crippen LogP contribution in [0.1, 0.15) is 43.0 Å². The Bertz CT molecular complexity index is 718. The Morgan fingerprint density at radius 2 is 2.00 bits per heavy atom. The lowest BCUT2D eigenvalue weighted by molar-refractivity contribution is -0.114. The summed E-state index contributed by atoms with van der Waals surface area (Å²) in [6.07, 6.45) is 2.77. The number of aryl methyl sites for hydroxylation is 3. The molecular formula is C16H22ClN5OS. The van der Waals surface area contributed by atoms with E-state index in [9.17, 15) is 4.79 Å². The molecule has 0 radical (unpaired) electrons. The van der Waals surface area contributed by atoms with E-state index in [4.69, 9.17) is 11.6 Å². The molecule has 0 aliphatic heterocycles. The second-order valence-electron chi connectivity index (χ2n) is 5.66. The lowest BCUT2D eigenvalue weighted by atomic mass is 10.1.